The van der Waals surface area contributed by atoms with Crippen LogP contribution in [0.1, 0.15) is 17.3 Å². The monoisotopic (exact) mass is 653 g/mol. The number of allylic oxidation sites excluding steroid dienone is 2. The standard InChI is InChI=1S/C47H31N3O/c1-3-10-30(11-4-1)31-18-23-35(24-19-31)46-48-45(34-13-5-2-6-14-34)49-47(50-46)39-16-9-17-43-44(39)41-29-37(26-27-42(41)51-43)36-25-22-33-21-20-32-12-7-8-15-38(32)40(33)28-36/h1-29,43-44H. The SMILES string of the molecule is C1=CC2Oc3ccc(-c4ccc5ccc6ccccc6c5c4)cc3C2C(c2nc(-c3ccccc3)nc(-c3ccc(-c4ccccc4)cc3)n2)=C1. The topological polar surface area (TPSA) is 47.9 Å². The summed E-state index contributed by atoms with van der Waals surface area (Å²) in [7, 11) is 0. The molecule has 2 atom stereocenters. The Morgan fingerprint density at radius 1 is 0.431 bits per heavy atom. The lowest BCUT2D eigenvalue weighted by Gasteiger charge is -2.22. The van der Waals surface area contributed by atoms with E-state index in [1.165, 1.54) is 32.7 Å². The van der Waals surface area contributed by atoms with Crippen LogP contribution in [0.3, 0.4) is 0 Å². The van der Waals surface area contributed by atoms with Crippen molar-refractivity contribution < 1.29 is 4.74 Å². The van der Waals surface area contributed by atoms with Gasteiger partial charge in [0.05, 0.1) is 5.92 Å². The van der Waals surface area contributed by atoms with Crippen molar-refractivity contribution in [3.05, 3.63) is 187 Å². The van der Waals surface area contributed by atoms with Gasteiger partial charge in [0.1, 0.15) is 11.9 Å². The van der Waals surface area contributed by atoms with E-state index in [2.05, 4.69) is 140 Å². The van der Waals surface area contributed by atoms with Crippen molar-refractivity contribution in [1.82, 2.24) is 15.0 Å². The van der Waals surface area contributed by atoms with Gasteiger partial charge < -0.3 is 4.74 Å². The van der Waals surface area contributed by atoms with Gasteiger partial charge in [0, 0.05) is 22.3 Å². The van der Waals surface area contributed by atoms with Crippen molar-refractivity contribution in [2.45, 2.75) is 12.0 Å². The van der Waals surface area contributed by atoms with Gasteiger partial charge in [-0.1, -0.05) is 152 Å². The molecule has 2 heterocycles. The molecule has 0 saturated carbocycles. The van der Waals surface area contributed by atoms with Crippen LogP contribution in [0.25, 0.3) is 72.1 Å². The second-order valence-electron chi connectivity index (χ2n) is 13.2. The van der Waals surface area contributed by atoms with Crippen LogP contribution in [0.15, 0.2) is 176 Å². The van der Waals surface area contributed by atoms with Crippen LogP contribution in [0, 0.1) is 0 Å². The maximum atomic E-state index is 6.57. The number of rotatable bonds is 5. The van der Waals surface area contributed by atoms with Gasteiger partial charge in [-0.25, -0.2) is 15.0 Å². The predicted octanol–water partition coefficient (Wildman–Crippen LogP) is 11.3. The lowest BCUT2D eigenvalue weighted by Crippen LogP contribution is -2.20. The minimum absolute atomic E-state index is 0.0643. The quantitative estimate of drug-likeness (QED) is 0.173. The third kappa shape index (κ3) is 5.20. The van der Waals surface area contributed by atoms with Crippen LogP contribution >= 0.6 is 0 Å². The summed E-state index contributed by atoms with van der Waals surface area (Å²) < 4.78 is 6.57. The van der Waals surface area contributed by atoms with Crippen molar-refractivity contribution in [2.75, 3.05) is 0 Å². The van der Waals surface area contributed by atoms with Gasteiger partial charge in [-0.15, -0.1) is 0 Å². The molecule has 2 aliphatic rings. The van der Waals surface area contributed by atoms with E-state index in [-0.39, 0.29) is 12.0 Å². The zero-order valence-electron chi connectivity index (χ0n) is 27.6. The fourth-order valence-corrected chi connectivity index (χ4v) is 7.53. The van der Waals surface area contributed by atoms with E-state index in [4.69, 9.17) is 19.7 Å². The molecule has 4 heteroatoms. The maximum absolute atomic E-state index is 6.57. The highest BCUT2D eigenvalue weighted by molar-refractivity contribution is 6.08. The van der Waals surface area contributed by atoms with Gasteiger partial charge in [-0.2, -0.15) is 0 Å². The molecule has 51 heavy (non-hydrogen) atoms. The van der Waals surface area contributed by atoms with Crippen LogP contribution in [0.2, 0.25) is 0 Å². The molecule has 1 aliphatic heterocycles. The van der Waals surface area contributed by atoms with E-state index in [9.17, 15) is 0 Å². The molecule has 0 spiro atoms. The molecule has 0 radical (unpaired) electrons. The first-order valence-corrected chi connectivity index (χ1v) is 17.3. The first kappa shape index (κ1) is 29.3. The number of ether oxygens (including phenoxy) is 1. The minimum atomic E-state index is -0.152. The van der Waals surface area contributed by atoms with Gasteiger partial charge in [0.15, 0.2) is 17.5 Å². The van der Waals surface area contributed by atoms with Crippen LogP contribution < -0.4 is 4.74 Å². The lowest BCUT2D eigenvalue weighted by molar-refractivity contribution is 0.271. The van der Waals surface area contributed by atoms with E-state index in [0.29, 0.717) is 17.5 Å². The molecule has 0 bridgehead atoms. The molecule has 4 nitrogen and oxygen atoms in total. The molecule has 0 saturated heterocycles. The highest BCUT2D eigenvalue weighted by Crippen LogP contribution is 2.49. The number of aromatic nitrogens is 3. The maximum Gasteiger partial charge on any atom is 0.164 e. The summed E-state index contributed by atoms with van der Waals surface area (Å²) in [6.07, 6.45) is 6.19. The summed E-state index contributed by atoms with van der Waals surface area (Å²) in [4.78, 5) is 15.3. The van der Waals surface area contributed by atoms with Gasteiger partial charge >= 0.3 is 0 Å². The Labute approximate surface area is 296 Å². The average Bonchev–Trinajstić information content (AvgIpc) is 3.59. The Kier molecular flexibility index (Phi) is 6.91. The van der Waals surface area contributed by atoms with Gasteiger partial charge in [0.2, 0.25) is 0 Å². The second-order valence-corrected chi connectivity index (χ2v) is 13.2. The zero-order valence-corrected chi connectivity index (χ0v) is 27.6. The van der Waals surface area contributed by atoms with Crippen LogP contribution in [-0.2, 0) is 0 Å². The summed E-state index contributed by atoms with van der Waals surface area (Å²) in [5.41, 5.74) is 8.69. The largest absolute Gasteiger partial charge is 0.485 e. The van der Waals surface area contributed by atoms with Crippen molar-refractivity contribution in [3.63, 3.8) is 0 Å². The van der Waals surface area contributed by atoms with Gasteiger partial charge in [-0.05, 0) is 68.1 Å². The molecule has 1 aliphatic carbocycles. The first-order valence-electron chi connectivity index (χ1n) is 17.3. The minimum Gasteiger partial charge on any atom is -0.485 e. The normalized spacial score (nSPS) is 16.0. The van der Waals surface area contributed by atoms with Gasteiger partial charge in [0.25, 0.3) is 0 Å². The van der Waals surface area contributed by atoms with E-state index in [1.54, 1.807) is 0 Å². The van der Waals surface area contributed by atoms with Crippen molar-refractivity contribution >= 4 is 27.1 Å². The third-order valence-corrected chi connectivity index (χ3v) is 10.1. The van der Waals surface area contributed by atoms with Gasteiger partial charge in [-0.3, -0.25) is 0 Å². The van der Waals surface area contributed by atoms with Crippen molar-refractivity contribution in [2.24, 2.45) is 0 Å². The highest BCUT2D eigenvalue weighted by atomic mass is 16.5. The Bertz CT molecular complexity index is 2660. The zero-order chi connectivity index (χ0) is 33.7. The summed E-state index contributed by atoms with van der Waals surface area (Å²) in [6.45, 7) is 0. The third-order valence-electron chi connectivity index (χ3n) is 10.1. The summed E-state index contributed by atoms with van der Waals surface area (Å²) in [5, 5.41) is 5.00. The number of hydrogen-bond donors (Lipinski definition) is 0. The molecule has 1 aromatic heterocycles. The second kappa shape index (κ2) is 12.0. The fraction of sp³-hybridized carbons (Fsp3) is 0.0426. The predicted molar refractivity (Wildman–Crippen MR) is 207 cm³/mol. The lowest BCUT2D eigenvalue weighted by atomic mass is 9.83. The Morgan fingerprint density at radius 3 is 1.76 bits per heavy atom. The van der Waals surface area contributed by atoms with E-state index < -0.39 is 0 Å². The summed E-state index contributed by atoms with van der Waals surface area (Å²) >= 11 is 0. The van der Waals surface area contributed by atoms with E-state index in [1.807, 2.05) is 36.4 Å². The first-order chi connectivity index (χ1) is 25.2. The molecule has 7 aromatic carbocycles. The number of hydrogen-bond acceptors (Lipinski definition) is 4. The molecule has 240 valence electrons. The van der Waals surface area contributed by atoms with E-state index in [0.717, 1.165) is 39.1 Å². The molecular weight excluding hydrogens is 623 g/mol. The van der Waals surface area contributed by atoms with Crippen LogP contribution in [0.5, 0.6) is 5.75 Å². The van der Waals surface area contributed by atoms with Crippen molar-refractivity contribution in [3.8, 4) is 50.8 Å². The van der Waals surface area contributed by atoms with E-state index >= 15 is 0 Å². The molecular formula is C47H31N3O. The van der Waals surface area contributed by atoms with Crippen LogP contribution in [-0.4, -0.2) is 21.1 Å². The molecule has 2 unspecified atom stereocenters. The average molecular weight is 654 g/mol. The molecule has 8 aromatic rings. The number of fused-ring (bicyclic) bond motifs is 6. The molecule has 10 rings (SSSR count). The Balaban J connectivity index is 1.07. The Hall–Kier alpha value is -6.65. The summed E-state index contributed by atoms with van der Waals surface area (Å²) in [5.74, 6) is 2.77. The van der Waals surface area contributed by atoms with Crippen LogP contribution in [0.4, 0.5) is 0 Å². The molecule has 0 amide bonds. The smallest absolute Gasteiger partial charge is 0.164 e. The number of nitrogens with zero attached hydrogens (tertiary/aromatic N) is 3. The number of benzene rings is 7. The molecule has 0 N–H and O–H groups in total. The van der Waals surface area contributed by atoms with Crippen molar-refractivity contribution in [1.29, 1.82) is 0 Å². The molecule has 0 fully saturated rings. The summed E-state index contributed by atoms with van der Waals surface area (Å²) in [6, 6.07) is 55.3. The highest BCUT2D eigenvalue weighted by Gasteiger charge is 2.39. The fourth-order valence-electron chi connectivity index (χ4n) is 7.53. The Morgan fingerprint density at radius 2 is 0.980 bits per heavy atom.